The number of nitrogens with zero attached hydrogens (tertiary/aromatic N) is 5. The molecule has 4 aromatic rings. The molecular formula is C23H26N6O2. The second-order valence-electron chi connectivity index (χ2n) is 7.90. The average molecular weight is 419 g/mol. The quantitative estimate of drug-likeness (QED) is 0.458. The molecule has 0 saturated heterocycles. The summed E-state index contributed by atoms with van der Waals surface area (Å²) in [6.07, 6.45) is 12.0. The molecule has 1 fully saturated rings. The fraction of sp³-hybridized carbons (Fsp3) is 0.391. The van der Waals surface area contributed by atoms with Crippen LogP contribution in [0.1, 0.15) is 25.7 Å². The molecule has 160 valence electrons. The monoisotopic (exact) mass is 418 g/mol. The third-order valence-electron chi connectivity index (χ3n) is 5.83. The van der Waals surface area contributed by atoms with Crippen molar-refractivity contribution in [3.63, 3.8) is 0 Å². The first-order valence-electron chi connectivity index (χ1n) is 10.7. The first-order valence-corrected chi connectivity index (χ1v) is 10.7. The normalized spacial score (nSPS) is 19.1. The summed E-state index contributed by atoms with van der Waals surface area (Å²) in [5, 5.41) is 9.18. The summed E-state index contributed by atoms with van der Waals surface area (Å²) in [6, 6.07) is 8.46. The van der Waals surface area contributed by atoms with Crippen LogP contribution in [-0.2, 0) is 9.47 Å². The van der Waals surface area contributed by atoms with E-state index in [0.717, 1.165) is 53.4 Å². The number of aromatic nitrogens is 5. The minimum Gasteiger partial charge on any atom is -0.382 e. The van der Waals surface area contributed by atoms with Gasteiger partial charge in [0.25, 0.3) is 0 Å². The molecule has 0 bridgehead atoms. The van der Waals surface area contributed by atoms with Gasteiger partial charge in [0.05, 0.1) is 31.0 Å². The van der Waals surface area contributed by atoms with E-state index in [1.54, 1.807) is 13.3 Å². The van der Waals surface area contributed by atoms with Gasteiger partial charge in [-0.3, -0.25) is 0 Å². The molecule has 1 aliphatic carbocycles. The van der Waals surface area contributed by atoms with Crippen molar-refractivity contribution >= 4 is 22.5 Å². The second kappa shape index (κ2) is 8.95. The number of anilines is 1. The Morgan fingerprint density at radius 1 is 1.06 bits per heavy atom. The molecule has 0 aromatic carbocycles. The van der Waals surface area contributed by atoms with Crippen LogP contribution in [0, 0.1) is 0 Å². The van der Waals surface area contributed by atoms with Crippen LogP contribution in [0.5, 0.6) is 0 Å². The van der Waals surface area contributed by atoms with Gasteiger partial charge in [0.1, 0.15) is 0 Å². The molecule has 4 aromatic heterocycles. The molecule has 0 amide bonds. The van der Waals surface area contributed by atoms with E-state index < -0.39 is 0 Å². The Bertz CT molecular complexity index is 1170. The van der Waals surface area contributed by atoms with Gasteiger partial charge in [-0.15, -0.1) is 5.10 Å². The molecule has 8 heteroatoms. The van der Waals surface area contributed by atoms with Crippen molar-refractivity contribution in [2.24, 2.45) is 0 Å². The predicted octanol–water partition coefficient (Wildman–Crippen LogP) is 3.73. The third kappa shape index (κ3) is 4.35. The van der Waals surface area contributed by atoms with Crippen LogP contribution in [0.15, 0.2) is 49.1 Å². The van der Waals surface area contributed by atoms with Crippen molar-refractivity contribution in [3.8, 4) is 11.1 Å². The molecule has 8 nitrogen and oxygen atoms in total. The van der Waals surface area contributed by atoms with E-state index in [-0.39, 0.29) is 0 Å². The van der Waals surface area contributed by atoms with Crippen molar-refractivity contribution in [1.29, 1.82) is 0 Å². The highest BCUT2D eigenvalue weighted by atomic mass is 16.5. The Morgan fingerprint density at radius 2 is 1.97 bits per heavy atom. The van der Waals surface area contributed by atoms with Crippen molar-refractivity contribution in [2.45, 2.75) is 37.8 Å². The number of hydrogen-bond acceptors (Lipinski definition) is 7. The van der Waals surface area contributed by atoms with Gasteiger partial charge < -0.3 is 14.8 Å². The van der Waals surface area contributed by atoms with Crippen LogP contribution in [-0.4, -0.2) is 57.0 Å². The lowest BCUT2D eigenvalue weighted by Crippen LogP contribution is -2.31. The summed E-state index contributed by atoms with van der Waals surface area (Å²) in [5.41, 5.74) is 3.78. The largest absolute Gasteiger partial charge is 0.382 e. The highest BCUT2D eigenvalue weighted by Gasteiger charge is 2.22. The molecule has 0 atom stereocenters. The van der Waals surface area contributed by atoms with Gasteiger partial charge in [-0.05, 0) is 49.9 Å². The summed E-state index contributed by atoms with van der Waals surface area (Å²) >= 11 is 0. The highest BCUT2D eigenvalue weighted by Crippen LogP contribution is 2.27. The predicted molar refractivity (Wildman–Crippen MR) is 119 cm³/mol. The Morgan fingerprint density at radius 3 is 2.84 bits per heavy atom. The molecule has 0 spiro atoms. The van der Waals surface area contributed by atoms with Gasteiger partial charge in [0.15, 0.2) is 5.65 Å². The van der Waals surface area contributed by atoms with E-state index in [1.807, 2.05) is 35.2 Å². The number of methoxy groups -OCH3 is 1. The van der Waals surface area contributed by atoms with E-state index >= 15 is 0 Å². The molecule has 0 unspecified atom stereocenters. The van der Waals surface area contributed by atoms with E-state index in [2.05, 4.69) is 37.5 Å². The number of fused-ring (bicyclic) bond motifs is 2. The number of ether oxygens (including phenoxy) is 2. The molecule has 31 heavy (non-hydrogen) atoms. The smallest absolute Gasteiger partial charge is 0.241 e. The van der Waals surface area contributed by atoms with Crippen LogP contribution < -0.4 is 5.32 Å². The molecule has 1 aliphatic rings. The zero-order valence-corrected chi connectivity index (χ0v) is 17.6. The average Bonchev–Trinajstić information content (AvgIpc) is 3.23. The van der Waals surface area contributed by atoms with Gasteiger partial charge in [0.2, 0.25) is 5.95 Å². The Balaban J connectivity index is 1.27. The van der Waals surface area contributed by atoms with Crippen molar-refractivity contribution in [1.82, 2.24) is 24.6 Å². The zero-order valence-electron chi connectivity index (χ0n) is 17.6. The van der Waals surface area contributed by atoms with Gasteiger partial charge >= 0.3 is 0 Å². The molecule has 0 aliphatic heterocycles. The summed E-state index contributed by atoms with van der Waals surface area (Å²) in [6.45, 7) is 1.31. The molecule has 5 rings (SSSR count). The van der Waals surface area contributed by atoms with Crippen LogP contribution >= 0.6 is 0 Å². The van der Waals surface area contributed by atoms with Crippen molar-refractivity contribution < 1.29 is 9.47 Å². The van der Waals surface area contributed by atoms with E-state index in [4.69, 9.17) is 9.47 Å². The summed E-state index contributed by atoms with van der Waals surface area (Å²) in [5.74, 6) is 0.652. The first kappa shape index (κ1) is 19.8. The highest BCUT2D eigenvalue weighted by molar-refractivity contribution is 5.86. The number of pyridine rings is 2. The topological polar surface area (TPSA) is 86.5 Å². The lowest BCUT2D eigenvalue weighted by molar-refractivity contribution is -0.00158. The van der Waals surface area contributed by atoms with E-state index in [9.17, 15) is 0 Å². The van der Waals surface area contributed by atoms with Gasteiger partial charge in [-0.25, -0.2) is 19.5 Å². The minimum atomic E-state index is 0.328. The number of nitrogens with one attached hydrogen (secondary N) is 1. The van der Waals surface area contributed by atoms with Gasteiger partial charge in [-0.2, -0.15) is 0 Å². The lowest BCUT2D eigenvalue weighted by Gasteiger charge is -2.29. The fourth-order valence-corrected chi connectivity index (χ4v) is 4.18. The Kier molecular flexibility index (Phi) is 5.73. The maximum absolute atomic E-state index is 5.85. The first-order chi connectivity index (χ1) is 15.3. The summed E-state index contributed by atoms with van der Waals surface area (Å²) < 4.78 is 12.8. The molecular weight excluding hydrogens is 392 g/mol. The second-order valence-corrected chi connectivity index (χ2v) is 7.90. The van der Waals surface area contributed by atoms with Crippen LogP contribution in [0.25, 0.3) is 27.7 Å². The van der Waals surface area contributed by atoms with Crippen molar-refractivity contribution in [2.75, 3.05) is 25.6 Å². The lowest BCUT2D eigenvalue weighted by atomic mass is 9.93. The van der Waals surface area contributed by atoms with E-state index in [0.29, 0.717) is 31.3 Å². The van der Waals surface area contributed by atoms with Gasteiger partial charge in [-0.1, -0.05) is 0 Å². The van der Waals surface area contributed by atoms with Gasteiger partial charge in [0, 0.05) is 48.3 Å². The summed E-state index contributed by atoms with van der Waals surface area (Å²) in [7, 11) is 1.70. The van der Waals surface area contributed by atoms with E-state index in [1.165, 1.54) is 0 Å². The number of rotatable bonds is 7. The Hall–Kier alpha value is -3.10. The van der Waals surface area contributed by atoms with Crippen LogP contribution in [0.2, 0.25) is 0 Å². The standard InChI is InChI=1S/C23H26N6O2/c1-30-11-12-31-19-6-4-18(5-7-19)27-23-26-15-21-20(8-10-29(21)28-23)17-13-16-3-2-9-24-22(16)25-14-17/h2-3,8-10,13-15,18-19H,4-7,11-12H2,1H3,(H,27,28). The maximum Gasteiger partial charge on any atom is 0.241 e. The minimum absolute atomic E-state index is 0.328. The van der Waals surface area contributed by atoms with Crippen LogP contribution in [0.4, 0.5) is 5.95 Å². The fourth-order valence-electron chi connectivity index (χ4n) is 4.18. The maximum atomic E-state index is 5.85. The summed E-state index contributed by atoms with van der Waals surface area (Å²) in [4.78, 5) is 13.3. The molecule has 0 radical (unpaired) electrons. The molecule has 1 saturated carbocycles. The van der Waals surface area contributed by atoms with Crippen molar-refractivity contribution in [3.05, 3.63) is 49.1 Å². The molecule has 4 heterocycles. The number of hydrogen-bond donors (Lipinski definition) is 1. The SMILES string of the molecule is COCCOC1CCC(Nc2ncc3c(-c4cnc5ncccc5c4)ccn3n2)CC1. The third-order valence-corrected chi connectivity index (χ3v) is 5.83. The Labute approximate surface area is 180 Å². The van der Waals surface area contributed by atoms with Crippen LogP contribution in [0.3, 0.4) is 0 Å². The zero-order chi connectivity index (χ0) is 21.0. The molecule has 1 N–H and O–H groups in total.